The molecule has 2 heterocycles. The van der Waals surface area contributed by atoms with Crippen LogP contribution < -0.4 is 24.3 Å². The van der Waals surface area contributed by atoms with Crippen LogP contribution in [0.5, 0.6) is 23.0 Å². The SMILES string of the molecule is COc1cc(CNC(=O)c2cnc3c(cnn3Cc3ccc(OC)cc3OC)c2)cc(OC)c1. The molecule has 0 bridgehead atoms. The van der Waals surface area contributed by atoms with Gasteiger partial charge >= 0.3 is 0 Å². The third-order valence-electron chi connectivity index (χ3n) is 5.42. The number of fused-ring (bicyclic) bond motifs is 1. The molecule has 0 fully saturated rings. The summed E-state index contributed by atoms with van der Waals surface area (Å²) in [5.41, 5.74) is 2.92. The molecule has 0 atom stereocenters. The van der Waals surface area contributed by atoms with Gasteiger partial charge in [0.15, 0.2) is 5.65 Å². The molecule has 0 saturated carbocycles. The molecule has 1 N–H and O–H groups in total. The van der Waals surface area contributed by atoms with Gasteiger partial charge in [-0.05, 0) is 35.9 Å². The molecule has 0 unspecified atom stereocenters. The predicted molar refractivity (Wildman–Crippen MR) is 127 cm³/mol. The maximum absolute atomic E-state index is 12.7. The Labute approximate surface area is 197 Å². The van der Waals surface area contributed by atoms with Crippen molar-refractivity contribution in [2.75, 3.05) is 28.4 Å². The van der Waals surface area contributed by atoms with Crippen molar-refractivity contribution in [1.29, 1.82) is 0 Å². The first-order chi connectivity index (χ1) is 16.5. The van der Waals surface area contributed by atoms with Crippen LogP contribution in [0.1, 0.15) is 21.5 Å². The fourth-order valence-electron chi connectivity index (χ4n) is 3.61. The Morgan fingerprint density at radius 3 is 2.29 bits per heavy atom. The first kappa shape index (κ1) is 22.9. The number of benzene rings is 2. The predicted octanol–water partition coefficient (Wildman–Crippen LogP) is 3.44. The topological polar surface area (TPSA) is 96.7 Å². The lowest BCUT2D eigenvalue weighted by Gasteiger charge is -2.11. The van der Waals surface area contributed by atoms with Crippen molar-refractivity contribution in [2.24, 2.45) is 0 Å². The fraction of sp³-hybridized carbons (Fsp3) is 0.240. The number of ether oxygens (including phenoxy) is 4. The van der Waals surface area contributed by atoms with E-state index in [2.05, 4.69) is 15.4 Å². The second kappa shape index (κ2) is 10.1. The lowest BCUT2D eigenvalue weighted by molar-refractivity contribution is 0.0950. The molecule has 0 spiro atoms. The molecular weight excluding hydrogens is 436 g/mol. The average Bonchev–Trinajstić information content (AvgIpc) is 3.28. The molecule has 4 rings (SSSR count). The van der Waals surface area contributed by atoms with Crippen LogP contribution >= 0.6 is 0 Å². The Kier molecular flexibility index (Phi) is 6.82. The van der Waals surface area contributed by atoms with Gasteiger partial charge in [0.25, 0.3) is 5.91 Å². The molecular formula is C25H26N4O5. The molecule has 4 aromatic rings. The van der Waals surface area contributed by atoms with E-state index in [1.54, 1.807) is 57.6 Å². The Hall–Kier alpha value is -4.27. The van der Waals surface area contributed by atoms with Gasteiger partial charge in [0.1, 0.15) is 23.0 Å². The molecule has 0 radical (unpaired) electrons. The summed E-state index contributed by atoms with van der Waals surface area (Å²) in [6.45, 7) is 0.786. The Morgan fingerprint density at radius 1 is 0.882 bits per heavy atom. The first-order valence-corrected chi connectivity index (χ1v) is 10.6. The van der Waals surface area contributed by atoms with Crippen LogP contribution in [-0.2, 0) is 13.1 Å². The third-order valence-corrected chi connectivity index (χ3v) is 5.42. The van der Waals surface area contributed by atoms with Gasteiger partial charge in [-0.1, -0.05) is 0 Å². The summed E-state index contributed by atoms with van der Waals surface area (Å²) in [6, 6.07) is 12.9. The smallest absolute Gasteiger partial charge is 0.253 e. The number of carbonyl (C=O) groups is 1. The van der Waals surface area contributed by atoms with Crippen LogP contribution in [-0.4, -0.2) is 49.1 Å². The first-order valence-electron chi connectivity index (χ1n) is 10.6. The number of hydrogen-bond acceptors (Lipinski definition) is 7. The lowest BCUT2D eigenvalue weighted by atomic mass is 10.1. The minimum absolute atomic E-state index is 0.235. The van der Waals surface area contributed by atoms with Crippen LogP contribution in [0.25, 0.3) is 11.0 Å². The van der Waals surface area contributed by atoms with E-state index < -0.39 is 0 Å². The summed E-state index contributed by atoms with van der Waals surface area (Å²) >= 11 is 0. The molecule has 9 heteroatoms. The number of amides is 1. The van der Waals surface area contributed by atoms with Crippen LogP contribution in [0.2, 0.25) is 0 Å². The molecule has 0 aliphatic heterocycles. The maximum Gasteiger partial charge on any atom is 0.253 e. The summed E-state index contributed by atoms with van der Waals surface area (Å²) in [5.74, 6) is 2.50. The number of methoxy groups -OCH3 is 4. The number of carbonyl (C=O) groups excluding carboxylic acids is 1. The Morgan fingerprint density at radius 2 is 1.62 bits per heavy atom. The maximum atomic E-state index is 12.7. The van der Waals surface area contributed by atoms with Gasteiger partial charge in [0.2, 0.25) is 0 Å². The Balaban J connectivity index is 1.49. The number of hydrogen-bond donors (Lipinski definition) is 1. The van der Waals surface area contributed by atoms with Gasteiger partial charge in [-0.25, -0.2) is 9.67 Å². The van der Waals surface area contributed by atoms with Crippen LogP contribution in [0.4, 0.5) is 0 Å². The lowest BCUT2D eigenvalue weighted by Crippen LogP contribution is -2.23. The van der Waals surface area contributed by atoms with Gasteiger partial charge in [0.05, 0.1) is 46.7 Å². The zero-order valence-corrected chi connectivity index (χ0v) is 19.5. The van der Waals surface area contributed by atoms with Crippen molar-refractivity contribution in [3.05, 3.63) is 71.5 Å². The number of nitrogens with zero attached hydrogens (tertiary/aromatic N) is 3. The van der Waals surface area contributed by atoms with E-state index in [0.717, 1.165) is 16.5 Å². The van der Waals surface area contributed by atoms with Crippen molar-refractivity contribution in [1.82, 2.24) is 20.1 Å². The standard InChI is InChI=1S/C25H26N4O5/c1-31-20-6-5-17(23(11-20)34-4)15-29-24-18(14-28-29)9-19(13-26-24)25(30)27-12-16-7-21(32-2)10-22(8-16)33-3/h5-11,13-14H,12,15H2,1-4H3,(H,27,30). The van der Waals surface area contributed by atoms with E-state index in [1.165, 1.54) is 0 Å². The number of rotatable bonds is 9. The zero-order chi connectivity index (χ0) is 24.1. The van der Waals surface area contributed by atoms with Gasteiger partial charge in [0, 0.05) is 35.8 Å². The quantitative estimate of drug-likeness (QED) is 0.407. The van der Waals surface area contributed by atoms with Crippen molar-refractivity contribution < 1.29 is 23.7 Å². The molecule has 2 aromatic heterocycles. The molecule has 1 amide bonds. The molecule has 2 aromatic carbocycles. The van der Waals surface area contributed by atoms with E-state index >= 15 is 0 Å². The van der Waals surface area contributed by atoms with E-state index in [1.807, 2.05) is 30.3 Å². The third kappa shape index (κ3) is 4.88. The van der Waals surface area contributed by atoms with Crippen molar-refractivity contribution in [3.63, 3.8) is 0 Å². The van der Waals surface area contributed by atoms with Crippen LogP contribution in [0.3, 0.4) is 0 Å². The zero-order valence-electron chi connectivity index (χ0n) is 19.5. The van der Waals surface area contributed by atoms with Crippen molar-refractivity contribution in [2.45, 2.75) is 13.1 Å². The minimum atomic E-state index is -0.235. The summed E-state index contributed by atoms with van der Waals surface area (Å²) in [5, 5.41) is 8.12. The summed E-state index contributed by atoms with van der Waals surface area (Å²) < 4.78 is 23.1. The van der Waals surface area contributed by atoms with Crippen LogP contribution in [0.15, 0.2) is 54.9 Å². The second-order valence-electron chi connectivity index (χ2n) is 7.52. The molecule has 9 nitrogen and oxygen atoms in total. The fourth-order valence-corrected chi connectivity index (χ4v) is 3.61. The second-order valence-corrected chi connectivity index (χ2v) is 7.52. The highest BCUT2D eigenvalue weighted by atomic mass is 16.5. The van der Waals surface area contributed by atoms with Gasteiger partial charge in [-0.15, -0.1) is 0 Å². The monoisotopic (exact) mass is 462 g/mol. The number of aromatic nitrogens is 3. The largest absolute Gasteiger partial charge is 0.497 e. The Bertz CT molecular complexity index is 1300. The molecule has 0 aliphatic rings. The summed E-state index contributed by atoms with van der Waals surface area (Å²) in [4.78, 5) is 17.2. The average molecular weight is 463 g/mol. The molecule has 34 heavy (non-hydrogen) atoms. The van der Waals surface area contributed by atoms with E-state index in [-0.39, 0.29) is 5.91 Å². The van der Waals surface area contributed by atoms with Crippen molar-refractivity contribution in [3.8, 4) is 23.0 Å². The van der Waals surface area contributed by atoms with E-state index in [9.17, 15) is 4.79 Å². The summed E-state index contributed by atoms with van der Waals surface area (Å²) in [6.07, 6.45) is 3.25. The highest BCUT2D eigenvalue weighted by Gasteiger charge is 2.13. The normalized spacial score (nSPS) is 10.7. The van der Waals surface area contributed by atoms with E-state index in [4.69, 9.17) is 18.9 Å². The van der Waals surface area contributed by atoms with Gasteiger partial charge in [-0.3, -0.25) is 4.79 Å². The minimum Gasteiger partial charge on any atom is -0.497 e. The molecule has 0 saturated heterocycles. The van der Waals surface area contributed by atoms with Gasteiger partial charge < -0.3 is 24.3 Å². The highest BCUT2D eigenvalue weighted by Crippen LogP contribution is 2.26. The highest BCUT2D eigenvalue weighted by molar-refractivity contribution is 5.96. The molecule has 176 valence electrons. The van der Waals surface area contributed by atoms with E-state index in [0.29, 0.717) is 47.3 Å². The summed E-state index contributed by atoms with van der Waals surface area (Å²) in [7, 11) is 6.40. The molecule has 0 aliphatic carbocycles. The number of nitrogens with one attached hydrogen (secondary N) is 1. The van der Waals surface area contributed by atoms with Crippen molar-refractivity contribution >= 4 is 16.9 Å². The van der Waals surface area contributed by atoms with Crippen LogP contribution in [0, 0.1) is 0 Å². The number of pyridine rings is 1. The van der Waals surface area contributed by atoms with Gasteiger partial charge in [-0.2, -0.15) is 5.10 Å².